The van der Waals surface area contributed by atoms with Gasteiger partial charge in [-0.05, 0) is 54.2 Å². The summed E-state index contributed by atoms with van der Waals surface area (Å²) < 4.78 is 0. The standard InChI is InChI=1S/C30H33ClN2O2/c1-22-9-5-6-12-25(22)20-29(34)33(21-24-15-17-26(31)18-16-24)28(19-23-10-3-2-4-11-23)30(35)32-27-13-7-8-14-27/h2-6,9-12,15-18,27-28H,7-8,13-14,19-21H2,1H3,(H,32,35). The van der Waals surface area contributed by atoms with Crippen molar-refractivity contribution in [2.24, 2.45) is 0 Å². The minimum absolute atomic E-state index is 0.0586. The van der Waals surface area contributed by atoms with E-state index >= 15 is 0 Å². The summed E-state index contributed by atoms with van der Waals surface area (Å²) in [7, 11) is 0. The Balaban J connectivity index is 1.66. The zero-order chi connectivity index (χ0) is 24.6. The number of rotatable bonds is 9. The molecule has 1 atom stereocenters. The van der Waals surface area contributed by atoms with Crippen molar-refractivity contribution in [3.63, 3.8) is 0 Å². The number of halogens is 1. The van der Waals surface area contributed by atoms with E-state index in [1.165, 1.54) is 0 Å². The van der Waals surface area contributed by atoms with Crippen LogP contribution in [0.15, 0.2) is 78.9 Å². The Morgan fingerprint density at radius 1 is 0.914 bits per heavy atom. The van der Waals surface area contributed by atoms with Gasteiger partial charge in [0.15, 0.2) is 0 Å². The van der Waals surface area contributed by atoms with Gasteiger partial charge in [-0.25, -0.2) is 0 Å². The van der Waals surface area contributed by atoms with E-state index in [0.717, 1.165) is 47.9 Å². The molecule has 0 heterocycles. The molecule has 2 amide bonds. The van der Waals surface area contributed by atoms with Gasteiger partial charge < -0.3 is 10.2 Å². The Hall–Kier alpha value is -3.11. The second-order valence-electron chi connectivity index (χ2n) is 9.45. The normalized spacial score (nSPS) is 14.5. The third-order valence-electron chi connectivity index (χ3n) is 6.84. The first-order chi connectivity index (χ1) is 17.0. The van der Waals surface area contributed by atoms with Gasteiger partial charge in [0.2, 0.25) is 11.8 Å². The van der Waals surface area contributed by atoms with Crippen molar-refractivity contribution >= 4 is 23.4 Å². The van der Waals surface area contributed by atoms with Gasteiger partial charge in [-0.15, -0.1) is 0 Å². The predicted molar refractivity (Wildman–Crippen MR) is 141 cm³/mol. The number of hydrogen-bond acceptors (Lipinski definition) is 2. The third kappa shape index (κ3) is 6.95. The van der Waals surface area contributed by atoms with Gasteiger partial charge in [0, 0.05) is 24.0 Å². The van der Waals surface area contributed by atoms with Gasteiger partial charge in [-0.2, -0.15) is 0 Å². The van der Waals surface area contributed by atoms with Crippen LogP contribution in [0.3, 0.4) is 0 Å². The van der Waals surface area contributed by atoms with Crippen LogP contribution in [-0.4, -0.2) is 28.8 Å². The van der Waals surface area contributed by atoms with Gasteiger partial charge in [0.05, 0.1) is 6.42 Å². The van der Waals surface area contributed by atoms with Crippen LogP contribution < -0.4 is 5.32 Å². The molecule has 1 aliphatic carbocycles. The Bertz CT molecular complexity index is 1120. The molecule has 1 N–H and O–H groups in total. The van der Waals surface area contributed by atoms with Crippen molar-refractivity contribution in [1.29, 1.82) is 0 Å². The molecule has 0 aromatic heterocycles. The number of nitrogens with zero attached hydrogens (tertiary/aromatic N) is 1. The number of hydrogen-bond donors (Lipinski definition) is 1. The molecular formula is C30H33ClN2O2. The average molecular weight is 489 g/mol. The summed E-state index contributed by atoms with van der Waals surface area (Å²) in [5.41, 5.74) is 4.03. The molecule has 0 saturated heterocycles. The number of nitrogens with one attached hydrogen (secondary N) is 1. The van der Waals surface area contributed by atoms with Gasteiger partial charge in [0.1, 0.15) is 6.04 Å². The molecule has 0 bridgehead atoms. The molecule has 3 aromatic carbocycles. The molecule has 1 unspecified atom stereocenters. The first-order valence-corrected chi connectivity index (χ1v) is 12.8. The van der Waals surface area contributed by atoms with Crippen LogP contribution in [0.5, 0.6) is 0 Å². The summed E-state index contributed by atoms with van der Waals surface area (Å²) in [6.07, 6.45) is 4.98. The van der Waals surface area contributed by atoms with Crippen LogP contribution in [0, 0.1) is 6.92 Å². The molecule has 182 valence electrons. The zero-order valence-electron chi connectivity index (χ0n) is 20.3. The molecule has 4 rings (SSSR count). The van der Waals surface area contributed by atoms with E-state index in [1.807, 2.05) is 85.8 Å². The first kappa shape index (κ1) is 25.0. The van der Waals surface area contributed by atoms with E-state index < -0.39 is 6.04 Å². The summed E-state index contributed by atoms with van der Waals surface area (Å²) >= 11 is 6.11. The predicted octanol–water partition coefficient (Wildman–Crippen LogP) is 5.89. The first-order valence-electron chi connectivity index (χ1n) is 12.4. The molecule has 0 spiro atoms. The molecule has 1 aliphatic rings. The number of carbonyl (C=O) groups is 2. The van der Waals surface area contributed by atoms with E-state index in [0.29, 0.717) is 18.0 Å². The molecule has 1 fully saturated rings. The van der Waals surface area contributed by atoms with E-state index in [9.17, 15) is 9.59 Å². The summed E-state index contributed by atoms with van der Waals surface area (Å²) in [6.45, 7) is 2.36. The topological polar surface area (TPSA) is 49.4 Å². The lowest BCUT2D eigenvalue weighted by atomic mass is 10.00. The van der Waals surface area contributed by atoms with Crippen molar-refractivity contribution in [3.8, 4) is 0 Å². The summed E-state index contributed by atoms with van der Waals surface area (Å²) in [5.74, 6) is -0.135. The molecule has 5 heteroatoms. The van der Waals surface area contributed by atoms with Crippen LogP contribution >= 0.6 is 11.6 Å². The van der Waals surface area contributed by atoms with Crippen molar-refractivity contribution in [1.82, 2.24) is 10.2 Å². The fourth-order valence-corrected chi connectivity index (χ4v) is 4.91. The minimum atomic E-state index is -0.606. The van der Waals surface area contributed by atoms with Crippen molar-refractivity contribution in [3.05, 3.63) is 106 Å². The maximum atomic E-state index is 13.8. The van der Waals surface area contributed by atoms with Gasteiger partial charge in [0.25, 0.3) is 0 Å². The summed E-state index contributed by atoms with van der Waals surface area (Å²) in [4.78, 5) is 29.3. The van der Waals surface area contributed by atoms with E-state index in [-0.39, 0.29) is 24.3 Å². The summed E-state index contributed by atoms with van der Waals surface area (Å²) in [5, 5.41) is 3.90. The Labute approximate surface area is 213 Å². The van der Waals surface area contributed by atoms with Gasteiger partial charge in [-0.1, -0.05) is 91.2 Å². The van der Waals surface area contributed by atoms with Crippen LogP contribution in [0.1, 0.15) is 47.9 Å². The second kappa shape index (κ2) is 12.0. The third-order valence-corrected chi connectivity index (χ3v) is 7.09. The van der Waals surface area contributed by atoms with Gasteiger partial charge >= 0.3 is 0 Å². The van der Waals surface area contributed by atoms with Crippen molar-refractivity contribution in [2.75, 3.05) is 0 Å². The van der Waals surface area contributed by atoms with Crippen LogP contribution in [0.2, 0.25) is 5.02 Å². The quantitative estimate of drug-likeness (QED) is 0.408. The maximum Gasteiger partial charge on any atom is 0.243 e. The van der Waals surface area contributed by atoms with E-state index in [1.54, 1.807) is 4.90 Å². The zero-order valence-corrected chi connectivity index (χ0v) is 21.0. The Morgan fingerprint density at radius 3 is 2.26 bits per heavy atom. The lowest BCUT2D eigenvalue weighted by Crippen LogP contribution is -2.52. The largest absolute Gasteiger partial charge is 0.352 e. The lowest BCUT2D eigenvalue weighted by molar-refractivity contribution is -0.141. The smallest absolute Gasteiger partial charge is 0.243 e. The number of aryl methyl sites for hydroxylation is 1. The highest BCUT2D eigenvalue weighted by molar-refractivity contribution is 6.30. The van der Waals surface area contributed by atoms with E-state index in [4.69, 9.17) is 11.6 Å². The van der Waals surface area contributed by atoms with Crippen LogP contribution in [-0.2, 0) is 29.0 Å². The molecular weight excluding hydrogens is 456 g/mol. The van der Waals surface area contributed by atoms with Gasteiger partial charge in [-0.3, -0.25) is 9.59 Å². The SMILES string of the molecule is Cc1ccccc1CC(=O)N(Cc1ccc(Cl)cc1)C(Cc1ccccc1)C(=O)NC1CCCC1. The second-order valence-corrected chi connectivity index (χ2v) is 9.88. The molecule has 4 nitrogen and oxygen atoms in total. The van der Waals surface area contributed by atoms with Crippen LogP contribution in [0.25, 0.3) is 0 Å². The molecule has 3 aromatic rings. The summed E-state index contributed by atoms with van der Waals surface area (Å²) in [6, 6.07) is 24.9. The average Bonchev–Trinajstić information content (AvgIpc) is 3.37. The molecule has 0 aliphatic heterocycles. The van der Waals surface area contributed by atoms with Crippen molar-refractivity contribution in [2.45, 2.75) is 64.1 Å². The molecule has 1 saturated carbocycles. The Morgan fingerprint density at radius 2 is 1.57 bits per heavy atom. The van der Waals surface area contributed by atoms with Crippen LogP contribution in [0.4, 0.5) is 0 Å². The monoisotopic (exact) mass is 488 g/mol. The molecule has 0 radical (unpaired) electrons. The fourth-order valence-electron chi connectivity index (χ4n) is 4.78. The Kier molecular flexibility index (Phi) is 8.59. The van der Waals surface area contributed by atoms with Crippen molar-refractivity contribution < 1.29 is 9.59 Å². The van der Waals surface area contributed by atoms with E-state index in [2.05, 4.69) is 5.32 Å². The molecule has 35 heavy (non-hydrogen) atoms. The highest BCUT2D eigenvalue weighted by atomic mass is 35.5. The number of carbonyl (C=O) groups excluding carboxylic acids is 2. The number of amides is 2. The highest BCUT2D eigenvalue weighted by Gasteiger charge is 2.32. The minimum Gasteiger partial charge on any atom is -0.352 e. The lowest BCUT2D eigenvalue weighted by Gasteiger charge is -2.32. The maximum absolute atomic E-state index is 13.8. The highest BCUT2D eigenvalue weighted by Crippen LogP contribution is 2.21. The number of benzene rings is 3. The fraction of sp³-hybridized carbons (Fsp3) is 0.333.